The van der Waals surface area contributed by atoms with Gasteiger partial charge in [0.25, 0.3) is 0 Å². The average molecular weight is 304 g/mol. The molecule has 0 saturated carbocycles. The molecule has 2 bridgehead atoms. The summed E-state index contributed by atoms with van der Waals surface area (Å²) in [4.78, 5) is 23.2. The van der Waals surface area contributed by atoms with Gasteiger partial charge in [-0.05, 0) is 18.4 Å². The molecule has 0 aliphatic carbocycles. The maximum absolute atomic E-state index is 12.3. The number of carbonyl (C=O) groups excluding carboxylic acids is 1. The lowest BCUT2D eigenvalue weighted by molar-refractivity contribution is -0.155. The van der Waals surface area contributed by atoms with Gasteiger partial charge in [-0.25, -0.2) is 0 Å². The summed E-state index contributed by atoms with van der Waals surface area (Å²) in [5, 5.41) is 14.2. The van der Waals surface area contributed by atoms with E-state index in [1.54, 1.807) is 5.01 Å². The SMILES string of the molecule is O=NN1C2CCC1CC(OC(=O)C(CO)c1ccccc1)C2. The van der Waals surface area contributed by atoms with Crippen molar-refractivity contribution >= 4 is 5.97 Å². The van der Waals surface area contributed by atoms with E-state index in [4.69, 9.17) is 4.74 Å². The number of benzene rings is 1. The fraction of sp³-hybridized carbons (Fsp3) is 0.562. The predicted molar refractivity (Wildman–Crippen MR) is 79.8 cm³/mol. The Hall–Kier alpha value is -1.95. The number of carbonyl (C=O) groups is 1. The van der Waals surface area contributed by atoms with Gasteiger partial charge in [-0.2, -0.15) is 0 Å². The molecular weight excluding hydrogens is 284 g/mol. The van der Waals surface area contributed by atoms with Crippen molar-refractivity contribution in [3.8, 4) is 0 Å². The minimum Gasteiger partial charge on any atom is -0.462 e. The Labute approximate surface area is 129 Å². The van der Waals surface area contributed by atoms with E-state index < -0.39 is 11.9 Å². The van der Waals surface area contributed by atoms with Gasteiger partial charge in [0.15, 0.2) is 0 Å². The Morgan fingerprint density at radius 3 is 2.45 bits per heavy atom. The van der Waals surface area contributed by atoms with Crippen molar-refractivity contribution in [1.29, 1.82) is 0 Å². The van der Waals surface area contributed by atoms with Crippen LogP contribution in [0.2, 0.25) is 0 Å². The molecule has 0 aromatic heterocycles. The fourth-order valence-electron chi connectivity index (χ4n) is 3.58. The number of aliphatic hydroxyl groups is 1. The Balaban J connectivity index is 1.63. The van der Waals surface area contributed by atoms with Gasteiger partial charge in [0, 0.05) is 12.8 Å². The van der Waals surface area contributed by atoms with Gasteiger partial charge in [0.1, 0.15) is 12.0 Å². The van der Waals surface area contributed by atoms with Crippen LogP contribution in [0.5, 0.6) is 0 Å². The van der Waals surface area contributed by atoms with Gasteiger partial charge in [-0.3, -0.25) is 9.80 Å². The minimum absolute atomic E-state index is 0.0818. The summed E-state index contributed by atoms with van der Waals surface area (Å²) >= 11 is 0. The van der Waals surface area contributed by atoms with E-state index in [2.05, 4.69) is 5.29 Å². The average Bonchev–Trinajstić information content (AvgIpc) is 2.79. The van der Waals surface area contributed by atoms with Gasteiger partial charge < -0.3 is 9.84 Å². The van der Waals surface area contributed by atoms with E-state index in [-0.39, 0.29) is 24.8 Å². The number of aliphatic hydroxyl groups excluding tert-OH is 1. The van der Waals surface area contributed by atoms with Crippen molar-refractivity contribution in [3.63, 3.8) is 0 Å². The van der Waals surface area contributed by atoms with Crippen LogP contribution in [0.4, 0.5) is 0 Å². The van der Waals surface area contributed by atoms with Gasteiger partial charge in [0.05, 0.1) is 24.0 Å². The molecule has 3 atom stereocenters. The lowest BCUT2D eigenvalue weighted by atomic mass is 9.99. The number of hydrogen-bond acceptors (Lipinski definition) is 5. The largest absolute Gasteiger partial charge is 0.462 e. The normalized spacial score (nSPS) is 28.2. The predicted octanol–water partition coefficient (Wildman–Crippen LogP) is 1.98. The van der Waals surface area contributed by atoms with Crippen molar-refractivity contribution in [1.82, 2.24) is 5.01 Å². The molecule has 6 heteroatoms. The lowest BCUT2D eigenvalue weighted by Gasteiger charge is -2.34. The third-order valence-corrected chi connectivity index (χ3v) is 4.70. The van der Waals surface area contributed by atoms with Crippen molar-refractivity contribution in [2.24, 2.45) is 5.29 Å². The highest BCUT2D eigenvalue weighted by Gasteiger charge is 2.43. The van der Waals surface area contributed by atoms with Crippen LogP contribution in [0.25, 0.3) is 0 Å². The summed E-state index contributed by atoms with van der Waals surface area (Å²) in [6.07, 6.45) is 2.93. The number of esters is 1. The number of hydrogen-bond donors (Lipinski definition) is 1. The summed E-state index contributed by atoms with van der Waals surface area (Å²) < 4.78 is 5.60. The molecule has 0 amide bonds. The highest BCUT2D eigenvalue weighted by Crippen LogP contribution is 2.37. The number of ether oxygens (including phenoxy) is 1. The van der Waals surface area contributed by atoms with Crippen LogP contribution < -0.4 is 0 Å². The number of fused-ring (bicyclic) bond motifs is 2. The molecule has 6 nitrogen and oxygen atoms in total. The van der Waals surface area contributed by atoms with Crippen LogP contribution in [0, 0.1) is 4.91 Å². The van der Waals surface area contributed by atoms with Gasteiger partial charge in [-0.15, -0.1) is 4.91 Å². The van der Waals surface area contributed by atoms with Crippen molar-refractivity contribution in [3.05, 3.63) is 40.8 Å². The molecule has 2 heterocycles. The third kappa shape index (κ3) is 2.83. The zero-order chi connectivity index (χ0) is 15.5. The van der Waals surface area contributed by atoms with E-state index in [9.17, 15) is 14.8 Å². The molecule has 1 N–H and O–H groups in total. The van der Waals surface area contributed by atoms with Crippen LogP contribution in [-0.4, -0.2) is 40.9 Å². The molecule has 118 valence electrons. The summed E-state index contributed by atoms with van der Waals surface area (Å²) in [6, 6.07) is 9.31. The molecule has 3 unspecified atom stereocenters. The molecule has 0 spiro atoms. The molecule has 2 saturated heterocycles. The molecule has 0 radical (unpaired) electrons. The van der Waals surface area contributed by atoms with Gasteiger partial charge in [0.2, 0.25) is 0 Å². The van der Waals surface area contributed by atoms with Crippen molar-refractivity contribution < 1.29 is 14.6 Å². The van der Waals surface area contributed by atoms with Crippen molar-refractivity contribution in [2.75, 3.05) is 6.61 Å². The number of rotatable bonds is 5. The molecular formula is C16H20N2O4. The molecule has 3 rings (SSSR count). The molecule has 1 aromatic carbocycles. The monoisotopic (exact) mass is 304 g/mol. The molecule has 2 aliphatic heterocycles. The maximum atomic E-state index is 12.3. The first kappa shape index (κ1) is 15.0. The smallest absolute Gasteiger partial charge is 0.316 e. The Morgan fingerprint density at radius 2 is 1.91 bits per heavy atom. The molecule has 22 heavy (non-hydrogen) atoms. The molecule has 1 aromatic rings. The molecule has 2 fully saturated rings. The minimum atomic E-state index is -0.652. The second-order valence-electron chi connectivity index (χ2n) is 6.02. The van der Waals surface area contributed by atoms with Crippen molar-refractivity contribution in [2.45, 2.75) is 49.8 Å². The van der Waals surface area contributed by atoms with E-state index in [1.165, 1.54) is 0 Å². The number of nitrogens with zero attached hydrogens (tertiary/aromatic N) is 2. The number of piperidine rings is 1. The van der Waals surface area contributed by atoms with Gasteiger partial charge >= 0.3 is 5.97 Å². The zero-order valence-electron chi connectivity index (χ0n) is 12.3. The fourth-order valence-corrected chi connectivity index (χ4v) is 3.58. The van der Waals surface area contributed by atoms with Crippen LogP contribution in [-0.2, 0) is 9.53 Å². The quantitative estimate of drug-likeness (QED) is 0.664. The van der Waals surface area contributed by atoms with Crippen LogP contribution in [0.3, 0.4) is 0 Å². The number of nitroso groups, excluding NO2 is 1. The topological polar surface area (TPSA) is 79.2 Å². The Kier molecular flexibility index (Phi) is 4.38. The first-order chi connectivity index (χ1) is 10.7. The lowest BCUT2D eigenvalue weighted by Crippen LogP contribution is -2.43. The third-order valence-electron chi connectivity index (χ3n) is 4.70. The second kappa shape index (κ2) is 6.44. The molecule has 2 aliphatic rings. The highest BCUT2D eigenvalue weighted by molar-refractivity contribution is 5.78. The van der Waals surface area contributed by atoms with E-state index >= 15 is 0 Å². The summed E-state index contributed by atoms with van der Waals surface area (Å²) in [5.41, 5.74) is 0.755. The van der Waals surface area contributed by atoms with Crippen LogP contribution >= 0.6 is 0 Å². The van der Waals surface area contributed by atoms with E-state index in [1.807, 2.05) is 30.3 Å². The summed E-state index contributed by atoms with van der Waals surface area (Å²) in [6.45, 7) is -0.273. The van der Waals surface area contributed by atoms with Gasteiger partial charge in [-0.1, -0.05) is 30.3 Å². The second-order valence-corrected chi connectivity index (χ2v) is 6.02. The Morgan fingerprint density at radius 1 is 1.27 bits per heavy atom. The highest BCUT2D eigenvalue weighted by atomic mass is 16.5. The summed E-state index contributed by atoms with van der Waals surface area (Å²) in [5.74, 6) is -1.05. The summed E-state index contributed by atoms with van der Waals surface area (Å²) in [7, 11) is 0. The van der Waals surface area contributed by atoms with E-state index in [0.29, 0.717) is 12.8 Å². The first-order valence-electron chi connectivity index (χ1n) is 7.70. The maximum Gasteiger partial charge on any atom is 0.316 e. The van der Waals surface area contributed by atoms with E-state index in [0.717, 1.165) is 18.4 Å². The van der Waals surface area contributed by atoms with Crippen LogP contribution in [0.15, 0.2) is 35.6 Å². The Bertz CT molecular complexity index is 522. The standard InChI is InChI=1S/C16H20N2O4/c19-10-15(11-4-2-1-3-5-11)16(20)22-14-8-12-6-7-13(9-14)18(12)17-21/h1-5,12-15,19H,6-10H2. The first-order valence-corrected chi connectivity index (χ1v) is 7.70. The van der Waals surface area contributed by atoms with Crippen LogP contribution in [0.1, 0.15) is 37.2 Å². The zero-order valence-corrected chi connectivity index (χ0v) is 12.3.